The van der Waals surface area contributed by atoms with Gasteiger partial charge in [0.15, 0.2) is 0 Å². The molecule has 2 rings (SSSR count). The fourth-order valence-corrected chi connectivity index (χ4v) is 2.15. The van der Waals surface area contributed by atoms with E-state index in [2.05, 4.69) is 5.32 Å². The average molecular weight is 286 g/mol. The molecule has 2 aromatic rings. The number of carbonyl (C=O) groups is 2. The van der Waals surface area contributed by atoms with Crippen LogP contribution in [0.3, 0.4) is 0 Å². The van der Waals surface area contributed by atoms with E-state index in [1.54, 1.807) is 12.1 Å². The number of hydrogen-bond donors (Lipinski definition) is 3. The zero-order valence-electron chi connectivity index (χ0n) is 11.6. The van der Waals surface area contributed by atoms with Crippen LogP contribution in [-0.2, 0) is 4.79 Å². The summed E-state index contributed by atoms with van der Waals surface area (Å²) in [6.07, 6.45) is 1.29. The second-order valence-electron chi connectivity index (χ2n) is 4.89. The van der Waals surface area contributed by atoms with E-state index in [0.717, 1.165) is 10.8 Å². The zero-order valence-corrected chi connectivity index (χ0v) is 11.6. The molecule has 0 spiro atoms. The highest BCUT2D eigenvalue weighted by Gasteiger charge is 2.10. The van der Waals surface area contributed by atoms with Crippen molar-refractivity contribution in [3.8, 4) is 0 Å². The van der Waals surface area contributed by atoms with Gasteiger partial charge in [-0.05, 0) is 35.7 Å². The molecule has 2 aromatic carbocycles. The maximum atomic E-state index is 12.1. The van der Waals surface area contributed by atoms with E-state index in [4.69, 9.17) is 10.8 Å². The standard InChI is InChI=1S/C16H18N2O3/c17-14-10-12-6-2-1-5-11(12)9-13(14)16(21)18-8-4-3-7-15(19)20/h1-2,5-6,9-10H,3-4,7-8,17H2,(H,18,21)(H,19,20). The molecule has 0 unspecified atom stereocenters. The number of rotatable bonds is 6. The Labute approximate surface area is 122 Å². The predicted molar refractivity (Wildman–Crippen MR) is 82.2 cm³/mol. The highest BCUT2D eigenvalue weighted by atomic mass is 16.4. The molecule has 0 heterocycles. The van der Waals surface area contributed by atoms with Crippen LogP contribution in [0.2, 0.25) is 0 Å². The summed E-state index contributed by atoms with van der Waals surface area (Å²) in [6.45, 7) is 0.443. The van der Waals surface area contributed by atoms with Crippen molar-refractivity contribution in [1.29, 1.82) is 0 Å². The van der Waals surface area contributed by atoms with Crippen molar-refractivity contribution < 1.29 is 14.7 Å². The maximum Gasteiger partial charge on any atom is 0.303 e. The molecule has 0 fully saturated rings. The number of carbonyl (C=O) groups excluding carboxylic acids is 1. The quantitative estimate of drug-likeness (QED) is 0.561. The molecule has 0 bridgehead atoms. The Morgan fingerprint density at radius 3 is 2.43 bits per heavy atom. The number of amides is 1. The Kier molecular flexibility index (Phi) is 4.77. The molecule has 4 N–H and O–H groups in total. The summed E-state index contributed by atoms with van der Waals surface area (Å²) in [5.74, 6) is -1.05. The number of nitrogen functional groups attached to an aromatic ring is 1. The number of nitrogens with two attached hydrogens (primary N) is 1. The molecule has 21 heavy (non-hydrogen) atoms. The smallest absolute Gasteiger partial charge is 0.303 e. The fourth-order valence-electron chi connectivity index (χ4n) is 2.15. The molecule has 0 aliphatic heterocycles. The second kappa shape index (κ2) is 6.74. The van der Waals surface area contributed by atoms with Crippen LogP contribution in [0.5, 0.6) is 0 Å². The van der Waals surface area contributed by atoms with E-state index >= 15 is 0 Å². The lowest BCUT2D eigenvalue weighted by Gasteiger charge is -2.09. The lowest BCUT2D eigenvalue weighted by atomic mass is 10.0. The lowest BCUT2D eigenvalue weighted by Crippen LogP contribution is -2.25. The van der Waals surface area contributed by atoms with Gasteiger partial charge in [-0.2, -0.15) is 0 Å². The number of fused-ring (bicyclic) bond motifs is 1. The first-order valence-corrected chi connectivity index (χ1v) is 6.86. The number of nitrogens with one attached hydrogen (secondary N) is 1. The summed E-state index contributed by atoms with van der Waals surface area (Å²) in [5, 5.41) is 13.3. The first-order valence-electron chi connectivity index (χ1n) is 6.86. The number of unbranched alkanes of at least 4 members (excludes halogenated alkanes) is 1. The predicted octanol–water partition coefficient (Wildman–Crippen LogP) is 2.41. The Morgan fingerprint density at radius 1 is 1.10 bits per heavy atom. The van der Waals surface area contributed by atoms with E-state index in [-0.39, 0.29) is 12.3 Å². The van der Waals surface area contributed by atoms with Gasteiger partial charge in [-0.1, -0.05) is 24.3 Å². The van der Waals surface area contributed by atoms with E-state index in [0.29, 0.717) is 30.6 Å². The molecule has 0 aliphatic rings. The van der Waals surface area contributed by atoms with E-state index in [1.807, 2.05) is 24.3 Å². The minimum absolute atomic E-state index is 0.119. The molecule has 5 nitrogen and oxygen atoms in total. The van der Waals surface area contributed by atoms with Crippen LogP contribution in [0.25, 0.3) is 10.8 Å². The van der Waals surface area contributed by atoms with Gasteiger partial charge in [-0.15, -0.1) is 0 Å². The molecular formula is C16H18N2O3. The molecule has 0 aliphatic carbocycles. The second-order valence-corrected chi connectivity index (χ2v) is 4.89. The third kappa shape index (κ3) is 3.95. The van der Waals surface area contributed by atoms with Crippen molar-refractivity contribution in [3.63, 3.8) is 0 Å². The SMILES string of the molecule is Nc1cc2ccccc2cc1C(=O)NCCCCC(=O)O. The van der Waals surface area contributed by atoms with Gasteiger partial charge in [0, 0.05) is 18.7 Å². The minimum atomic E-state index is -0.819. The van der Waals surface area contributed by atoms with Gasteiger partial charge in [0.1, 0.15) is 0 Å². The Balaban J connectivity index is 1.99. The first-order chi connectivity index (χ1) is 10.1. The number of carboxylic acid groups (broad SMARTS) is 1. The van der Waals surface area contributed by atoms with Crippen LogP contribution in [0.4, 0.5) is 5.69 Å². The summed E-state index contributed by atoms with van der Waals surface area (Å²) in [6, 6.07) is 11.3. The van der Waals surface area contributed by atoms with Crippen molar-refractivity contribution in [1.82, 2.24) is 5.32 Å². The van der Waals surface area contributed by atoms with Gasteiger partial charge in [0.25, 0.3) is 5.91 Å². The van der Waals surface area contributed by atoms with Gasteiger partial charge in [0.05, 0.1) is 5.56 Å². The van der Waals surface area contributed by atoms with Gasteiger partial charge in [0.2, 0.25) is 0 Å². The van der Waals surface area contributed by atoms with Crippen LogP contribution >= 0.6 is 0 Å². The fraction of sp³-hybridized carbons (Fsp3) is 0.250. The normalized spacial score (nSPS) is 10.5. The monoisotopic (exact) mass is 286 g/mol. The minimum Gasteiger partial charge on any atom is -0.481 e. The van der Waals surface area contributed by atoms with Gasteiger partial charge in [-0.25, -0.2) is 0 Å². The summed E-state index contributed by atoms with van der Waals surface area (Å²) in [5.41, 5.74) is 6.81. The number of carboxylic acids is 1. The Hall–Kier alpha value is -2.56. The molecule has 0 radical (unpaired) electrons. The molecule has 1 amide bonds. The molecule has 0 aromatic heterocycles. The number of aliphatic carboxylic acids is 1. The zero-order chi connectivity index (χ0) is 15.2. The molecular weight excluding hydrogens is 268 g/mol. The number of benzene rings is 2. The van der Waals surface area contributed by atoms with Crippen LogP contribution in [-0.4, -0.2) is 23.5 Å². The molecule has 0 saturated carbocycles. The van der Waals surface area contributed by atoms with Crippen LogP contribution in [0, 0.1) is 0 Å². The van der Waals surface area contributed by atoms with Crippen molar-refractivity contribution >= 4 is 28.3 Å². The van der Waals surface area contributed by atoms with Crippen LogP contribution in [0.1, 0.15) is 29.6 Å². The lowest BCUT2D eigenvalue weighted by molar-refractivity contribution is -0.137. The van der Waals surface area contributed by atoms with Gasteiger partial charge in [-0.3, -0.25) is 9.59 Å². The largest absolute Gasteiger partial charge is 0.481 e. The third-order valence-electron chi connectivity index (χ3n) is 3.27. The summed E-state index contributed by atoms with van der Waals surface area (Å²) in [4.78, 5) is 22.5. The summed E-state index contributed by atoms with van der Waals surface area (Å²) < 4.78 is 0. The van der Waals surface area contributed by atoms with Gasteiger partial charge >= 0.3 is 5.97 Å². The maximum absolute atomic E-state index is 12.1. The Morgan fingerprint density at radius 2 is 1.76 bits per heavy atom. The summed E-state index contributed by atoms with van der Waals surface area (Å²) in [7, 11) is 0. The van der Waals surface area contributed by atoms with Crippen LogP contribution < -0.4 is 11.1 Å². The van der Waals surface area contributed by atoms with Crippen molar-refractivity contribution in [2.24, 2.45) is 0 Å². The first kappa shape index (κ1) is 14.8. The Bertz CT molecular complexity index is 668. The van der Waals surface area contributed by atoms with E-state index in [9.17, 15) is 9.59 Å². The molecule has 0 saturated heterocycles. The molecule has 110 valence electrons. The van der Waals surface area contributed by atoms with E-state index < -0.39 is 5.97 Å². The highest BCUT2D eigenvalue weighted by Crippen LogP contribution is 2.21. The van der Waals surface area contributed by atoms with Crippen molar-refractivity contribution in [3.05, 3.63) is 42.0 Å². The third-order valence-corrected chi connectivity index (χ3v) is 3.27. The number of hydrogen-bond acceptors (Lipinski definition) is 3. The number of anilines is 1. The topological polar surface area (TPSA) is 92.4 Å². The highest BCUT2D eigenvalue weighted by molar-refractivity contribution is 6.03. The van der Waals surface area contributed by atoms with E-state index in [1.165, 1.54) is 0 Å². The van der Waals surface area contributed by atoms with Crippen molar-refractivity contribution in [2.45, 2.75) is 19.3 Å². The average Bonchev–Trinajstić information content (AvgIpc) is 2.45. The summed E-state index contributed by atoms with van der Waals surface area (Å²) >= 11 is 0. The van der Waals surface area contributed by atoms with Crippen molar-refractivity contribution in [2.75, 3.05) is 12.3 Å². The molecule has 0 atom stereocenters. The van der Waals surface area contributed by atoms with Crippen LogP contribution in [0.15, 0.2) is 36.4 Å². The molecule has 5 heteroatoms. The van der Waals surface area contributed by atoms with Gasteiger partial charge < -0.3 is 16.2 Å².